The van der Waals surface area contributed by atoms with Crippen LogP contribution in [0.25, 0.3) is 0 Å². The van der Waals surface area contributed by atoms with Crippen molar-refractivity contribution in [1.82, 2.24) is 0 Å². The average molecular weight is 394 g/mol. The molecule has 0 spiro atoms. The first-order valence-electron chi connectivity index (χ1n) is 8.87. The van der Waals surface area contributed by atoms with Crippen LogP contribution < -0.4 is 10.0 Å². The van der Waals surface area contributed by atoms with Gasteiger partial charge < -0.3 is 5.32 Å². The number of rotatable bonds is 6. The summed E-state index contributed by atoms with van der Waals surface area (Å²) in [6.45, 7) is 3.96. The second-order valence-corrected chi connectivity index (χ2v) is 8.33. The van der Waals surface area contributed by atoms with Crippen molar-refractivity contribution in [2.75, 3.05) is 10.0 Å². The van der Waals surface area contributed by atoms with E-state index in [9.17, 15) is 13.2 Å². The van der Waals surface area contributed by atoms with Gasteiger partial charge in [-0.25, -0.2) is 8.42 Å². The molecule has 0 aliphatic rings. The van der Waals surface area contributed by atoms with Crippen molar-refractivity contribution >= 4 is 27.3 Å². The van der Waals surface area contributed by atoms with Crippen molar-refractivity contribution in [3.63, 3.8) is 0 Å². The summed E-state index contributed by atoms with van der Waals surface area (Å²) in [5, 5.41) is 2.81. The maximum atomic E-state index is 12.4. The smallest absolute Gasteiger partial charge is 0.261 e. The molecule has 6 heteroatoms. The van der Waals surface area contributed by atoms with Crippen molar-refractivity contribution in [1.29, 1.82) is 0 Å². The van der Waals surface area contributed by atoms with Gasteiger partial charge >= 0.3 is 0 Å². The van der Waals surface area contributed by atoms with Gasteiger partial charge in [-0.05, 0) is 61.4 Å². The predicted octanol–water partition coefficient (Wildman–Crippen LogP) is 4.29. The topological polar surface area (TPSA) is 75.3 Å². The highest BCUT2D eigenvalue weighted by atomic mass is 32.2. The molecule has 0 unspecified atom stereocenters. The molecule has 0 aliphatic heterocycles. The van der Waals surface area contributed by atoms with Crippen molar-refractivity contribution in [3.05, 3.63) is 89.5 Å². The van der Waals surface area contributed by atoms with Crippen molar-refractivity contribution in [2.24, 2.45) is 0 Å². The van der Waals surface area contributed by atoms with Gasteiger partial charge in [0.25, 0.3) is 10.0 Å². The quantitative estimate of drug-likeness (QED) is 0.655. The molecule has 0 saturated heterocycles. The Morgan fingerprint density at radius 3 is 2.21 bits per heavy atom. The molecule has 144 valence electrons. The monoisotopic (exact) mass is 394 g/mol. The Morgan fingerprint density at radius 2 is 1.54 bits per heavy atom. The molecule has 0 saturated carbocycles. The first-order chi connectivity index (χ1) is 13.3. The molecule has 2 N–H and O–H groups in total. The predicted molar refractivity (Wildman–Crippen MR) is 112 cm³/mol. The largest absolute Gasteiger partial charge is 0.326 e. The number of hydrogen-bond acceptors (Lipinski definition) is 3. The van der Waals surface area contributed by atoms with E-state index >= 15 is 0 Å². The molecule has 0 heterocycles. The van der Waals surface area contributed by atoms with Gasteiger partial charge in [-0.3, -0.25) is 9.52 Å². The number of carbonyl (C=O) groups is 1. The fraction of sp³-hybridized carbons (Fsp3) is 0.136. The van der Waals surface area contributed by atoms with Crippen LogP contribution in [0.5, 0.6) is 0 Å². The molecule has 0 aliphatic carbocycles. The maximum absolute atomic E-state index is 12.4. The van der Waals surface area contributed by atoms with Crippen molar-refractivity contribution in [3.8, 4) is 0 Å². The highest BCUT2D eigenvalue weighted by Gasteiger charge is 2.14. The van der Waals surface area contributed by atoms with E-state index in [0.717, 1.165) is 16.7 Å². The minimum atomic E-state index is -3.68. The van der Waals surface area contributed by atoms with Crippen LogP contribution in [0.4, 0.5) is 11.4 Å². The summed E-state index contributed by atoms with van der Waals surface area (Å²) in [5.74, 6) is -0.147. The average Bonchev–Trinajstić information content (AvgIpc) is 2.65. The van der Waals surface area contributed by atoms with Gasteiger partial charge in [-0.15, -0.1) is 0 Å². The summed E-state index contributed by atoms with van der Waals surface area (Å²) in [6, 6.07) is 20.8. The number of aryl methyl sites for hydroxylation is 2. The van der Waals surface area contributed by atoms with E-state index in [1.807, 2.05) is 38.1 Å². The zero-order valence-electron chi connectivity index (χ0n) is 15.8. The summed E-state index contributed by atoms with van der Waals surface area (Å²) < 4.78 is 27.4. The van der Waals surface area contributed by atoms with Crippen LogP contribution in [0.3, 0.4) is 0 Å². The van der Waals surface area contributed by atoms with Gasteiger partial charge in [-0.2, -0.15) is 0 Å². The lowest BCUT2D eigenvalue weighted by Gasteiger charge is -2.10. The van der Waals surface area contributed by atoms with Crippen LogP contribution in [0.2, 0.25) is 0 Å². The number of carbonyl (C=O) groups excluding carboxylic acids is 1. The Morgan fingerprint density at radius 1 is 0.857 bits per heavy atom. The molecule has 28 heavy (non-hydrogen) atoms. The summed E-state index contributed by atoms with van der Waals surface area (Å²) >= 11 is 0. The Kier molecular flexibility index (Phi) is 5.80. The zero-order valence-corrected chi connectivity index (χ0v) is 16.6. The molecular weight excluding hydrogens is 372 g/mol. The molecule has 0 fully saturated rings. The Bertz CT molecular complexity index is 1080. The van der Waals surface area contributed by atoms with E-state index in [1.54, 1.807) is 36.4 Å². The third-order valence-electron chi connectivity index (χ3n) is 4.33. The number of sulfonamides is 1. The molecule has 3 aromatic carbocycles. The van der Waals surface area contributed by atoms with Gasteiger partial charge in [0.2, 0.25) is 5.91 Å². The van der Waals surface area contributed by atoms with Gasteiger partial charge in [0.05, 0.1) is 11.3 Å². The fourth-order valence-electron chi connectivity index (χ4n) is 2.81. The molecule has 0 bridgehead atoms. The van der Waals surface area contributed by atoms with Crippen LogP contribution >= 0.6 is 0 Å². The third kappa shape index (κ3) is 4.98. The van der Waals surface area contributed by atoms with E-state index in [0.29, 0.717) is 11.4 Å². The van der Waals surface area contributed by atoms with Gasteiger partial charge in [0.1, 0.15) is 0 Å². The maximum Gasteiger partial charge on any atom is 0.261 e. The molecule has 1 amide bonds. The summed E-state index contributed by atoms with van der Waals surface area (Å²) in [5.41, 5.74) is 4.19. The van der Waals surface area contributed by atoms with Crippen LogP contribution in [0.1, 0.15) is 16.7 Å². The van der Waals surface area contributed by atoms with E-state index in [1.165, 1.54) is 12.1 Å². The standard InChI is InChI=1S/C22H22N2O3S/c1-16-8-9-17(2)18(14-16)15-22(25)23-19-10-12-21(13-11-19)28(26,27)24-20-6-4-3-5-7-20/h3-14,24H,15H2,1-2H3,(H,23,25). The summed E-state index contributed by atoms with van der Waals surface area (Å²) in [4.78, 5) is 12.5. The van der Waals surface area contributed by atoms with Crippen LogP contribution in [-0.4, -0.2) is 14.3 Å². The number of para-hydroxylation sites is 1. The number of benzene rings is 3. The lowest BCUT2D eigenvalue weighted by Crippen LogP contribution is -2.16. The SMILES string of the molecule is Cc1ccc(C)c(CC(=O)Nc2ccc(S(=O)(=O)Nc3ccccc3)cc2)c1. The van der Waals surface area contributed by atoms with Gasteiger partial charge in [0.15, 0.2) is 0 Å². The molecule has 5 nitrogen and oxygen atoms in total. The highest BCUT2D eigenvalue weighted by molar-refractivity contribution is 7.92. The van der Waals surface area contributed by atoms with Gasteiger partial charge in [-0.1, -0.05) is 42.0 Å². The number of nitrogens with one attached hydrogen (secondary N) is 2. The lowest BCUT2D eigenvalue weighted by atomic mass is 10.0. The Hall–Kier alpha value is -3.12. The summed E-state index contributed by atoms with van der Waals surface area (Å²) in [7, 11) is -3.68. The Balaban J connectivity index is 1.67. The van der Waals surface area contributed by atoms with E-state index in [4.69, 9.17) is 0 Å². The van der Waals surface area contributed by atoms with Gasteiger partial charge in [0, 0.05) is 11.4 Å². The Labute approximate surface area is 165 Å². The molecule has 3 aromatic rings. The third-order valence-corrected chi connectivity index (χ3v) is 5.73. The summed E-state index contributed by atoms with van der Waals surface area (Å²) in [6.07, 6.45) is 0.267. The second-order valence-electron chi connectivity index (χ2n) is 6.65. The van der Waals surface area contributed by atoms with Crippen LogP contribution in [0.15, 0.2) is 77.7 Å². The van der Waals surface area contributed by atoms with E-state index < -0.39 is 10.0 Å². The highest BCUT2D eigenvalue weighted by Crippen LogP contribution is 2.19. The molecule has 0 aromatic heterocycles. The first-order valence-corrected chi connectivity index (χ1v) is 10.4. The van der Waals surface area contributed by atoms with E-state index in [2.05, 4.69) is 10.0 Å². The van der Waals surface area contributed by atoms with Crippen LogP contribution in [-0.2, 0) is 21.2 Å². The first kappa shape index (κ1) is 19.6. The number of anilines is 2. The zero-order chi connectivity index (χ0) is 20.1. The van der Waals surface area contributed by atoms with Crippen molar-refractivity contribution in [2.45, 2.75) is 25.2 Å². The molecular formula is C22H22N2O3S. The molecule has 0 atom stereocenters. The minimum Gasteiger partial charge on any atom is -0.326 e. The lowest BCUT2D eigenvalue weighted by molar-refractivity contribution is -0.115. The number of amides is 1. The second kappa shape index (κ2) is 8.27. The normalized spacial score (nSPS) is 11.1. The minimum absolute atomic E-state index is 0.129. The molecule has 0 radical (unpaired) electrons. The fourth-order valence-corrected chi connectivity index (χ4v) is 3.87. The van der Waals surface area contributed by atoms with E-state index in [-0.39, 0.29) is 17.2 Å². The number of hydrogen-bond donors (Lipinski definition) is 2. The van der Waals surface area contributed by atoms with Crippen molar-refractivity contribution < 1.29 is 13.2 Å². The molecule has 3 rings (SSSR count). The van der Waals surface area contributed by atoms with Crippen LogP contribution in [0, 0.1) is 13.8 Å².